The average Bonchev–Trinajstić information content (AvgIpc) is 2.30. The molecule has 1 rings (SSSR count). The van der Waals surface area contributed by atoms with Crippen LogP contribution in [0.15, 0.2) is 47.0 Å². The molecular weight excluding hydrogens is 499 g/mol. The van der Waals surface area contributed by atoms with Crippen molar-refractivity contribution in [1.82, 2.24) is 0 Å². The number of rotatable bonds is 1. The van der Waals surface area contributed by atoms with Gasteiger partial charge in [-0.3, -0.25) is 0 Å². The summed E-state index contributed by atoms with van der Waals surface area (Å²) in [5.74, 6) is 0. The summed E-state index contributed by atoms with van der Waals surface area (Å²) in [5, 5.41) is 0. The molecule has 6 heteroatoms. The normalized spacial score (nSPS) is 8.75. The molecule has 1 aromatic carbocycles. The molecule has 1 nitrogen and oxygen atoms in total. The van der Waals surface area contributed by atoms with Crippen LogP contribution in [-0.4, -0.2) is 40.0 Å². The number of benzene rings is 1. The molecule has 20 heavy (non-hydrogen) atoms. The monoisotopic (exact) mass is 525 g/mol. The zero-order chi connectivity index (χ0) is 16.6. The van der Waals surface area contributed by atoms with Crippen LogP contribution in [0.4, 0.5) is 5.69 Å². The summed E-state index contributed by atoms with van der Waals surface area (Å²) >= 11 is -2.29. The van der Waals surface area contributed by atoms with E-state index in [0.29, 0.717) is 15.8 Å². The predicted molar refractivity (Wildman–Crippen MR) is 101 cm³/mol. The van der Waals surface area contributed by atoms with E-state index in [-0.39, 0.29) is 0 Å². The second-order valence-electron chi connectivity index (χ2n) is 4.31. The second kappa shape index (κ2) is 19.9. The van der Waals surface area contributed by atoms with E-state index in [0.717, 1.165) is 5.69 Å². The average molecular weight is 526 g/mol. The van der Waals surface area contributed by atoms with Crippen molar-refractivity contribution in [2.45, 2.75) is 0 Å². The first-order chi connectivity index (χ1) is 9.25. The van der Waals surface area contributed by atoms with Gasteiger partial charge in [0.15, 0.2) is 0 Å². The van der Waals surface area contributed by atoms with E-state index in [2.05, 4.69) is 56.6 Å². The van der Waals surface area contributed by atoms with Gasteiger partial charge in [0.05, 0.1) is 0 Å². The Labute approximate surface area is 141 Å². The van der Waals surface area contributed by atoms with E-state index in [1.54, 1.807) is 0 Å². The predicted octanol–water partition coefficient (Wildman–Crippen LogP) is 6.95. The fraction of sp³-hybridized carbons (Fsp3) is 0.429. The fourth-order valence-corrected chi connectivity index (χ4v) is 2.88. The molecule has 0 N–H and O–H groups in total. The molecular formula is C14H27Cl2NP2W. The van der Waals surface area contributed by atoms with Crippen LogP contribution in [0.5, 0.6) is 0 Å². The van der Waals surface area contributed by atoms with Crippen LogP contribution in [0.2, 0.25) is 0 Å². The van der Waals surface area contributed by atoms with Crippen LogP contribution in [0.3, 0.4) is 0 Å². The van der Waals surface area contributed by atoms with Gasteiger partial charge in [-0.05, 0) is 40.0 Å². The molecule has 0 fully saturated rings. The van der Waals surface area contributed by atoms with Crippen molar-refractivity contribution < 1.29 is 15.0 Å². The third kappa shape index (κ3) is 36.4. The van der Waals surface area contributed by atoms with Gasteiger partial charge in [0.2, 0.25) is 0 Å². The van der Waals surface area contributed by atoms with Gasteiger partial charge in [0, 0.05) is 0 Å². The van der Waals surface area contributed by atoms with Crippen molar-refractivity contribution in [3.63, 3.8) is 0 Å². The minimum atomic E-state index is -2.29. The summed E-state index contributed by atoms with van der Waals surface area (Å²) in [7, 11) is 12.0. The first-order valence-corrected chi connectivity index (χ1v) is 19.8. The first-order valence-electron chi connectivity index (χ1n) is 5.81. The molecule has 0 radical (unpaired) electrons. The van der Waals surface area contributed by atoms with Crippen molar-refractivity contribution >= 4 is 40.4 Å². The molecule has 0 aromatic heterocycles. The Kier molecular flexibility index (Phi) is 25.7. The van der Waals surface area contributed by atoms with Crippen LogP contribution in [0, 0.1) is 0 Å². The molecule has 0 saturated carbocycles. The Hall–Kier alpha value is 0.888. The molecule has 0 saturated heterocycles. The molecule has 0 bridgehead atoms. The molecule has 118 valence electrons. The van der Waals surface area contributed by atoms with E-state index in [1.807, 2.05) is 30.3 Å². The molecule has 0 aliphatic heterocycles. The Morgan fingerprint density at radius 3 is 1.40 bits per heavy atom. The van der Waals surface area contributed by atoms with Crippen molar-refractivity contribution in [3.8, 4) is 0 Å². The third-order valence-corrected chi connectivity index (χ3v) is 3.31. The number of hydrogen-bond acceptors (Lipinski definition) is 1. The van der Waals surface area contributed by atoms with Crippen molar-refractivity contribution in [3.05, 3.63) is 43.5 Å². The Morgan fingerprint density at radius 1 is 0.850 bits per heavy atom. The topological polar surface area (TPSA) is 12.4 Å². The zero-order valence-electron chi connectivity index (χ0n) is 13.3. The van der Waals surface area contributed by atoms with Gasteiger partial charge < -0.3 is 0 Å². The van der Waals surface area contributed by atoms with Gasteiger partial charge in [-0.2, -0.15) is 0 Å². The van der Waals surface area contributed by atoms with Crippen LogP contribution in [-0.2, 0) is 15.0 Å². The van der Waals surface area contributed by atoms with Crippen molar-refractivity contribution in [2.24, 2.45) is 3.50 Å². The SMILES string of the molecule is C=C.CP(C)C.CP(C)C.[Cl][W]([Cl])=[N]c1ccccc1. The standard InChI is InChI=1S/C6H5N.2C3H9P.C2H4.2ClH.W/c7-6-4-2-1-3-5-6;2*1-4(2)3;1-2;;;/h1-5H;2*1-3H3;1-2H2;2*1H;/q;;;;;;+2/p-2. The zero-order valence-corrected chi connectivity index (χ0v) is 19.5. The van der Waals surface area contributed by atoms with Crippen LogP contribution in [0.25, 0.3) is 0 Å². The number of hydrogen-bond donors (Lipinski definition) is 0. The van der Waals surface area contributed by atoms with Gasteiger partial charge in [0.1, 0.15) is 0 Å². The van der Waals surface area contributed by atoms with Crippen molar-refractivity contribution in [1.29, 1.82) is 0 Å². The van der Waals surface area contributed by atoms with Gasteiger partial charge in [-0.15, -0.1) is 29.0 Å². The molecule has 0 unspecified atom stereocenters. The second-order valence-corrected chi connectivity index (χ2v) is 17.8. The van der Waals surface area contributed by atoms with Crippen LogP contribution >= 0.6 is 34.7 Å². The molecule has 0 amide bonds. The van der Waals surface area contributed by atoms with Crippen LogP contribution < -0.4 is 0 Å². The summed E-state index contributed by atoms with van der Waals surface area (Å²) in [6.45, 7) is 19.4. The van der Waals surface area contributed by atoms with Crippen molar-refractivity contribution in [2.75, 3.05) is 40.0 Å². The van der Waals surface area contributed by atoms with E-state index < -0.39 is 15.0 Å². The summed E-state index contributed by atoms with van der Waals surface area (Å²) in [5.41, 5.74) is 0.890. The maximum atomic E-state index is 5.61. The van der Waals surface area contributed by atoms with Gasteiger partial charge in [-0.1, -0.05) is 0 Å². The maximum absolute atomic E-state index is 5.61. The summed E-state index contributed by atoms with van der Waals surface area (Å²) in [6.07, 6.45) is 0. The van der Waals surface area contributed by atoms with Crippen LogP contribution in [0.1, 0.15) is 0 Å². The van der Waals surface area contributed by atoms with E-state index in [4.69, 9.17) is 18.8 Å². The van der Waals surface area contributed by atoms with Gasteiger partial charge >= 0.3 is 73.4 Å². The summed E-state index contributed by atoms with van der Waals surface area (Å²) in [4.78, 5) is 0. The summed E-state index contributed by atoms with van der Waals surface area (Å²) < 4.78 is 4.08. The third-order valence-electron chi connectivity index (χ3n) is 0.931. The summed E-state index contributed by atoms with van der Waals surface area (Å²) in [6, 6.07) is 9.55. The van der Waals surface area contributed by atoms with Gasteiger partial charge in [-0.25, -0.2) is 0 Å². The van der Waals surface area contributed by atoms with Gasteiger partial charge in [0.25, 0.3) is 0 Å². The number of halogens is 2. The molecule has 0 spiro atoms. The molecule has 0 atom stereocenters. The van der Waals surface area contributed by atoms with E-state index in [9.17, 15) is 0 Å². The molecule has 1 aromatic rings. The minimum absolute atomic E-state index is 0.380. The van der Waals surface area contributed by atoms with E-state index >= 15 is 0 Å². The number of nitrogens with zero attached hydrogens (tertiary/aromatic N) is 1. The Morgan fingerprint density at radius 2 is 1.15 bits per heavy atom. The van der Waals surface area contributed by atoms with E-state index in [1.165, 1.54) is 0 Å². The molecule has 0 heterocycles. The Bertz CT molecular complexity index is 318. The quantitative estimate of drug-likeness (QED) is 0.278. The Balaban J connectivity index is -0.000000243. The fourth-order valence-electron chi connectivity index (χ4n) is 0.569. The molecule has 0 aliphatic rings. The molecule has 0 aliphatic carbocycles. The first kappa shape index (κ1) is 25.8.